The first kappa shape index (κ1) is 9.54. The molecule has 0 spiro atoms. The van der Waals surface area contributed by atoms with Gasteiger partial charge in [0.25, 0.3) is 0 Å². The average Bonchev–Trinajstić information content (AvgIpc) is 2.72. The van der Waals surface area contributed by atoms with Gasteiger partial charge in [0, 0.05) is 12.6 Å². The quantitative estimate of drug-likeness (QED) is 0.672. The Morgan fingerprint density at radius 3 is 2.93 bits per heavy atom. The van der Waals surface area contributed by atoms with Crippen molar-refractivity contribution < 1.29 is 0 Å². The third-order valence-electron chi connectivity index (χ3n) is 2.49. The number of likely N-dealkylation sites (tertiary alicyclic amines) is 1. The second kappa shape index (κ2) is 4.02. The van der Waals surface area contributed by atoms with Gasteiger partial charge >= 0.3 is 0 Å². The summed E-state index contributed by atoms with van der Waals surface area (Å²) in [6, 6.07) is 0.573. The number of hydrogen-bond acceptors (Lipinski definition) is 5. The van der Waals surface area contributed by atoms with Gasteiger partial charge in [-0.2, -0.15) is 4.80 Å². The van der Waals surface area contributed by atoms with Crippen molar-refractivity contribution >= 4 is 0 Å². The molecular weight excluding hydrogens is 180 g/mol. The number of aryl methyl sites for hydroxylation is 1. The van der Waals surface area contributed by atoms with Crippen LogP contribution in [0.5, 0.6) is 0 Å². The van der Waals surface area contributed by atoms with Crippen LogP contribution in [0.4, 0.5) is 0 Å². The molecule has 2 heterocycles. The average molecular weight is 196 g/mol. The van der Waals surface area contributed by atoms with Crippen LogP contribution in [0, 0.1) is 0 Å². The maximum atomic E-state index is 4.11. The van der Waals surface area contributed by atoms with Gasteiger partial charge < -0.3 is 10.2 Å². The molecule has 0 aromatic carbocycles. The second-order valence-corrected chi connectivity index (χ2v) is 3.82. The fourth-order valence-electron chi connectivity index (χ4n) is 1.73. The van der Waals surface area contributed by atoms with Crippen molar-refractivity contribution in [3.63, 3.8) is 0 Å². The third kappa shape index (κ3) is 2.27. The molecule has 1 N–H and O–H groups in total. The van der Waals surface area contributed by atoms with Crippen LogP contribution in [0.15, 0.2) is 0 Å². The van der Waals surface area contributed by atoms with Crippen molar-refractivity contribution in [1.29, 1.82) is 0 Å². The van der Waals surface area contributed by atoms with Crippen molar-refractivity contribution in [3.8, 4) is 0 Å². The minimum atomic E-state index is 0.573. The van der Waals surface area contributed by atoms with E-state index in [0.717, 1.165) is 12.4 Å². The zero-order chi connectivity index (χ0) is 9.97. The highest BCUT2D eigenvalue weighted by Crippen LogP contribution is 2.06. The highest BCUT2D eigenvalue weighted by Gasteiger charge is 2.18. The molecule has 0 radical (unpaired) electrons. The molecule has 1 aromatic rings. The topological polar surface area (TPSA) is 58.9 Å². The van der Waals surface area contributed by atoms with Crippen LogP contribution in [0.1, 0.15) is 12.2 Å². The summed E-state index contributed by atoms with van der Waals surface area (Å²) < 4.78 is 0. The van der Waals surface area contributed by atoms with Gasteiger partial charge in [-0.25, -0.2) is 0 Å². The lowest BCUT2D eigenvalue weighted by Gasteiger charge is -2.10. The van der Waals surface area contributed by atoms with E-state index >= 15 is 0 Å². The summed E-state index contributed by atoms with van der Waals surface area (Å²) >= 11 is 0. The molecular formula is C8H16N6. The minimum Gasteiger partial charge on any atom is -0.306 e. The van der Waals surface area contributed by atoms with Crippen molar-refractivity contribution in [1.82, 2.24) is 30.4 Å². The Kier molecular flexibility index (Phi) is 2.74. The zero-order valence-corrected chi connectivity index (χ0v) is 8.64. The van der Waals surface area contributed by atoms with E-state index in [0.29, 0.717) is 12.6 Å². The molecule has 2 rings (SSSR count). The number of rotatable bonds is 3. The molecule has 0 aliphatic carbocycles. The molecule has 1 saturated heterocycles. The Morgan fingerprint density at radius 2 is 2.36 bits per heavy atom. The minimum absolute atomic E-state index is 0.573. The molecule has 6 nitrogen and oxygen atoms in total. The number of nitrogens with zero attached hydrogens (tertiary/aromatic N) is 5. The summed E-state index contributed by atoms with van der Waals surface area (Å²) in [6.45, 7) is 3.00. The van der Waals surface area contributed by atoms with Gasteiger partial charge in [0.05, 0.1) is 13.6 Å². The predicted octanol–water partition coefficient (Wildman–Crippen LogP) is -0.996. The maximum Gasteiger partial charge on any atom is 0.188 e. The SMILES string of the molecule is CN1CCC(NCc2nnn(C)n2)C1. The lowest BCUT2D eigenvalue weighted by molar-refractivity contribution is 0.396. The van der Waals surface area contributed by atoms with E-state index in [-0.39, 0.29) is 0 Å². The van der Waals surface area contributed by atoms with Gasteiger partial charge in [0.2, 0.25) is 0 Å². The molecule has 78 valence electrons. The van der Waals surface area contributed by atoms with Gasteiger partial charge in [-0.15, -0.1) is 10.2 Å². The first-order valence-electron chi connectivity index (χ1n) is 4.89. The number of hydrogen-bond donors (Lipinski definition) is 1. The van der Waals surface area contributed by atoms with Crippen molar-refractivity contribution in [3.05, 3.63) is 5.82 Å². The number of nitrogens with one attached hydrogen (secondary N) is 1. The van der Waals surface area contributed by atoms with E-state index in [1.54, 1.807) is 7.05 Å². The monoisotopic (exact) mass is 196 g/mol. The molecule has 1 atom stereocenters. The highest BCUT2D eigenvalue weighted by atomic mass is 15.6. The Labute approximate surface area is 83.3 Å². The van der Waals surface area contributed by atoms with Gasteiger partial charge in [-0.05, 0) is 25.2 Å². The molecule has 1 fully saturated rings. The molecule has 0 saturated carbocycles. The van der Waals surface area contributed by atoms with E-state index in [1.165, 1.54) is 17.8 Å². The van der Waals surface area contributed by atoms with Crippen molar-refractivity contribution in [2.75, 3.05) is 20.1 Å². The number of likely N-dealkylation sites (N-methyl/N-ethyl adjacent to an activating group) is 1. The smallest absolute Gasteiger partial charge is 0.188 e. The van der Waals surface area contributed by atoms with E-state index in [9.17, 15) is 0 Å². The highest BCUT2D eigenvalue weighted by molar-refractivity contribution is 4.82. The van der Waals surface area contributed by atoms with Gasteiger partial charge in [0.15, 0.2) is 5.82 Å². The molecule has 1 aromatic heterocycles. The number of tetrazole rings is 1. The van der Waals surface area contributed by atoms with E-state index < -0.39 is 0 Å². The van der Waals surface area contributed by atoms with Crippen molar-refractivity contribution in [2.45, 2.75) is 19.0 Å². The Bertz CT molecular complexity index is 296. The van der Waals surface area contributed by atoms with Crippen LogP contribution >= 0.6 is 0 Å². The summed E-state index contributed by atoms with van der Waals surface area (Å²) in [4.78, 5) is 3.81. The van der Waals surface area contributed by atoms with Crippen LogP contribution in [-0.4, -0.2) is 51.3 Å². The van der Waals surface area contributed by atoms with Crippen LogP contribution in [0.3, 0.4) is 0 Å². The maximum absolute atomic E-state index is 4.11. The van der Waals surface area contributed by atoms with E-state index in [2.05, 4.69) is 32.7 Å². The predicted molar refractivity (Wildman–Crippen MR) is 51.5 cm³/mol. The van der Waals surface area contributed by atoms with Crippen LogP contribution in [0.2, 0.25) is 0 Å². The Morgan fingerprint density at radius 1 is 1.50 bits per heavy atom. The van der Waals surface area contributed by atoms with Gasteiger partial charge in [-0.1, -0.05) is 0 Å². The first-order chi connectivity index (χ1) is 6.74. The summed E-state index contributed by atoms with van der Waals surface area (Å²) in [7, 11) is 3.92. The molecule has 1 aliphatic rings. The lowest BCUT2D eigenvalue weighted by atomic mass is 10.2. The third-order valence-corrected chi connectivity index (χ3v) is 2.49. The molecule has 0 bridgehead atoms. The summed E-state index contributed by atoms with van der Waals surface area (Å²) in [6.07, 6.45) is 1.21. The first-order valence-corrected chi connectivity index (χ1v) is 4.89. The zero-order valence-electron chi connectivity index (χ0n) is 8.64. The fourth-order valence-corrected chi connectivity index (χ4v) is 1.73. The lowest BCUT2D eigenvalue weighted by Crippen LogP contribution is -2.31. The standard InChI is InChI=1S/C8H16N6/c1-13-4-3-7(6-13)9-5-8-10-12-14(2)11-8/h7,9H,3-6H2,1-2H3. The fraction of sp³-hybridized carbons (Fsp3) is 0.875. The molecule has 1 aliphatic heterocycles. The van der Waals surface area contributed by atoms with Crippen LogP contribution < -0.4 is 5.32 Å². The molecule has 1 unspecified atom stereocenters. The normalized spacial score (nSPS) is 23.1. The molecule has 14 heavy (non-hydrogen) atoms. The summed E-state index contributed by atoms with van der Waals surface area (Å²) in [5.74, 6) is 0.766. The van der Waals surface area contributed by atoms with Gasteiger partial charge in [0.1, 0.15) is 0 Å². The van der Waals surface area contributed by atoms with E-state index in [1.807, 2.05) is 0 Å². The van der Waals surface area contributed by atoms with E-state index in [4.69, 9.17) is 0 Å². The number of aromatic nitrogens is 4. The van der Waals surface area contributed by atoms with Crippen LogP contribution in [0.25, 0.3) is 0 Å². The second-order valence-electron chi connectivity index (χ2n) is 3.82. The molecule has 6 heteroatoms. The van der Waals surface area contributed by atoms with Crippen LogP contribution in [-0.2, 0) is 13.6 Å². The van der Waals surface area contributed by atoms with Crippen molar-refractivity contribution in [2.24, 2.45) is 7.05 Å². The summed E-state index contributed by atoms with van der Waals surface area (Å²) in [5, 5.41) is 15.2. The Balaban J connectivity index is 1.77. The Hall–Kier alpha value is -1.01. The molecule has 0 amide bonds. The largest absolute Gasteiger partial charge is 0.306 e. The van der Waals surface area contributed by atoms with Gasteiger partial charge in [-0.3, -0.25) is 0 Å². The summed E-state index contributed by atoms with van der Waals surface area (Å²) in [5.41, 5.74) is 0.